The lowest BCUT2D eigenvalue weighted by Gasteiger charge is -2.16. The van der Waals surface area contributed by atoms with E-state index in [0.29, 0.717) is 37.4 Å². The summed E-state index contributed by atoms with van der Waals surface area (Å²) < 4.78 is 12.3. The molecule has 1 fully saturated rings. The highest BCUT2D eigenvalue weighted by atomic mass is 32.1. The predicted octanol–water partition coefficient (Wildman–Crippen LogP) is 4.49. The fourth-order valence-corrected chi connectivity index (χ4v) is 5.29. The van der Waals surface area contributed by atoms with Crippen molar-refractivity contribution in [3.63, 3.8) is 0 Å². The second kappa shape index (κ2) is 15.9. The SMILES string of the molecule is CC=O.NC(CCCOc1ccc(CNCc2ccc3cc(C(=O)NO)sc3c2)cc1)C(=O)OC1CCCC1. The number of nitrogens with one attached hydrogen (secondary N) is 2. The summed E-state index contributed by atoms with van der Waals surface area (Å²) in [6, 6.07) is 15.2. The number of hydrogen-bond donors (Lipinski definition) is 4. The van der Waals surface area contributed by atoms with Crippen molar-refractivity contribution in [2.75, 3.05) is 6.61 Å². The average Bonchev–Trinajstić information content (AvgIpc) is 3.61. The minimum Gasteiger partial charge on any atom is -0.494 e. The van der Waals surface area contributed by atoms with Gasteiger partial charge >= 0.3 is 5.97 Å². The second-order valence-electron chi connectivity index (χ2n) is 9.35. The zero-order chi connectivity index (χ0) is 28.0. The quantitative estimate of drug-likeness (QED) is 0.0843. The van der Waals surface area contributed by atoms with Gasteiger partial charge in [0.25, 0.3) is 5.91 Å². The summed E-state index contributed by atoms with van der Waals surface area (Å²) >= 11 is 1.35. The van der Waals surface area contributed by atoms with Crippen molar-refractivity contribution in [1.82, 2.24) is 10.8 Å². The molecule has 9 nitrogen and oxygen atoms in total. The molecule has 0 bridgehead atoms. The fraction of sp³-hybridized carbons (Fsp3) is 0.414. The van der Waals surface area contributed by atoms with Crippen LogP contribution in [-0.4, -0.2) is 42.1 Å². The molecule has 0 saturated heterocycles. The molecule has 39 heavy (non-hydrogen) atoms. The Hall–Kier alpha value is -3.31. The maximum absolute atomic E-state index is 12.1. The summed E-state index contributed by atoms with van der Waals surface area (Å²) in [6.45, 7) is 3.34. The van der Waals surface area contributed by atoms with Gasteiger partial charge in [-0.15, -0.1) is 11.3 Å². The molecule has 1 heterocycles. The molecular weight excluding hydrogens is 518 g/mol. The average molecular weight is 556 g/mol. The molecule has 210 valence electrons. The van der Waals surface area contributed by atoms with Crippen molar-refractivity contribution in [3.05, 3.63) is 64.5 Å². The Morgan fingerprint density at radius 3 is 2.46 bits per heavy atom. The van der Waals surface area contributed by atoms with Gasteiger partial charge in [0, 0.05) is 17.8 Å². The molecule has 1 aromatic heterocycles. The van der Waals surface area contributed by atoms with Gasteiger partial charge in [-0.3, -0.25) is 14.8 Å². The Bertz CT molecular complexity index is 1210. The van der Waals surface area contributed by atoms with E-state index >= 15 is 0 Å². The molecule has 3 aromatic rings. The first-order chi connectivity index (χ1) is 18.9. The van der Waals surface area contributed by atoms with Gasteiger partial charge in [-0.1, -0.05) is 24.3 Å². The van der Waals surface area contributed by atoms with Gasteiger partial charge in [0.2, 0.25) is 0 Å². The number of esters is 1. The number of carbonyl (C=O) groups excluding carboxylic acids is 3. The third-order valence-corrected chi connectivity index (χ3v) is 7.40. The minimum absolute atomic E-state index is 0.0489. The van der Waals surface area contributed by atoms with Crippen molar-refractivity contribution >= 4 is 39.6 Å². The Balaban J connectivity index is 0.00000134. The molecule has 1 saturated carbocycles. The Labute approximate surface area is 232 Å². The van der Waals surface area contributed by atoms with Gasteiger partial charge < -0.3 is 25.3 Å². The van der Waals surface area contributed by atoms with Gasteiger partial charge in [-0.05, 0) is 86.2 Å². The fourth-order valence-electron chi connectivity index (χ4n) is 4.28. The summed E-state index contributed by atoms with van der Waals surface area (Å²) in [7, 11) is 0. The molecular formula is C29H37N3O6S. The molecule has 0 aliphatic heterocycles. The molecule has 4 rings (SSSR count). The largest absolute Gasteiger partial charge is 0.494 e. The minimum atomic E-state index is -0.592. The van der Waals surface area contributed by atoms with Crippen LogP contribution in [0.3, 0.4) is 0 Å². The third-order valence-electron chi connectivity index (χ3n) is 6.31. The molecule has 1 amide bonds. The van der Waals surface area contributed by atoms with E-state index in [9.17, 15) is 9.59 Å². The van der Waals surface area contributed by atoms with Crippen molar-refractivity contribution < 1.29 is 29.1 Å². The highest BCUT2D eigenvalue weighted by Crippen LogP contribution is 2.27. The van der Waals surface area contributed by atoms with Crippen molar-refractivity contribution in [2.24, 2.45) is 5.73 Å². The number of amides is 1. The van der Waals surface area contributed by atoms with E-state index in [4.69, 9.17) is 25.2 Å². The van der Waals surface area contributed by atoms with E-state index in [1.807, 2.05) is 36.4 Å². The van der Waals surface area contributed by atoms with Crippen molar-refractivity contribution in [2.45, 2.75) is 70.7 Å². The summed E-state index contributed by atoms with van der Waals surface area (Å²) in [5.41, 5.74) is 9.90. The zero-order valence-electron chi connectivity index (χ0n) is 22.2. The number of hydrogen-bond acceptors (Lipinski definition) is 9. The number of hydroxylamine groups is 1. The Morgan fingerprint density at radius 1 is 1.10 bits per heavy atom. The first-order valence-corrected chi connectivity index (χ1v) is 14.0. The van der Waals surface area contributed by atoms with Crippen LogP contribution in [-0.2, 0) is 27.4 Å². The van der Waals surface area contributed by atoms with E-state index in [1.54, 1.807) is 11.5 Å². The highest BCUT2D eigenvalue weighted by molar-refractivity contribution is 7.20. The van der Waals surface area contributed by atoms with Crippen LogP contribution in [0.25, 0.3) is 10.1 Å². The predicted molar refractivity (Wildman–Crippen MR) is 151 cm³/mol. The molecule has 1 atom stereocenters. The smallest absolute Gasteiger partial charge is 0.323 e. The van der Waals surface area contributed by atoms with E-state index in [0.717, 1.165) is 58.9 Å². The number of carbonyl (C=O) groups is 3. The first kappa shape index (κ1) is 30.2. The molecule has 0 radical (unpaired) electrons. The monoisotopic (exact) mass is 555 g/mol. The van der Waals surface area contributed by atoms with Crippen LogP contribution in [0.15, 0.2) is 48.5 Å². The number of benzene rings is 2. The number of aldehydes is 1. The summed E-state index contributed by atoms with van der Waals surface area (Å²) in [5, 5.41) is 13.2. The lowest BCUT2D eigenvalue weighted by molar-refractivity contribution is -0.150. The maximum Gasteiger partial charge on any atom is 0.323 e. The molecule has 2 aromatic carbocycles. The zero-order valence-corrected chi connectivity index (χ0v) is 23.0. The normalized spacial score (nSPS) is 13.8. The molecule has 1 aliphatic rings. The lowest BCUT2D eigenvalue weighted by Crippen LogP contribution is -2.34. The number of ether oxygens (including phenoxy) is 2. The number of nitrogens with two attached hydrogens (primary N) is 1. The van der Waals surface area contributed by atoms with Crippen LogP contribution in [0.1, 0.15) is 66.2 Å². The molecule has 10 heteroatoms. The van der Waals surface area contributed by atoms with Gasteiger partial charge in [-0.2, -0.15) is 0 Å². The van der Waals surface area contributed by atoms with E-state index in [-0.39, 0.29) is 12.1 Å². The summed E-state index contributed by atoms with van der Waals surface area (Å²) in [5.74, 6) is -0.00856. The molecule has 1 aliphatic carbocycles. The van der Waals surface area contributed by atoms with Crippen LogP contribution in [0, 0.1) is 0 Å². The standard InChI is InChI=1S/C27H33N3O5S.C2H4O/c28-23(27(32)35-22-4-1-2-5-22)6-3-13-34-21-11-8-18(9-12-21)16-29-17-19-7-10-20-15-25(26(31)30-33)36-24(20)14-19;1-2-3/h7-12,14-15,22-23,29,33H,1-6,13,16-17,28H2,(H,30,31);2H,1H3. The number of fused-ring (bicyclic) bond motifs is 1. The summed E-state index contributed by atoms with van der Waals surface area (Å²) in [4.78, 5) is 32.9. The van der Waals surface area contributed by atoms with Crippen LogP contribution >= 0.6 is 11.3 Å². The third kappa shape index (κ3) is 9.74. The highest BCUT2D eigenvalue weighted by Gasteiger charge is 2.22. The van der Waals surface area contributed by atoms with Crippen LogP contribution in [0.5, 0.6) is 5.75 Å². The number of rotatable bonds is 12. The van der Waals surface area contributed by atoms with Crippen molar-refractivity contribution in [1.29, 1.82) is 0 Å². The molecule has 5 N–H and O–H groups in total. The van der Waals surface area contributed by atoms with Crippen LogP contribution in [0.2, 0.25) is 0 Å². The van der Waals surface area contributed by atoms with Crippen LogP contribution in [0.4, 0.5) is 0 Å². The lowest BCUT2D eigenvalue weighted by atomic mass is 10.1. The van der Waals surface area contributed by atoms with Crippen LogP contribution < -0.4 is 21.3 Å². The van der Waals surface area contributed by atoms with E-state index in [2.05, 4.69) is 11.4 Å². The Morgan fingerprint density at radius 2 is 1.77 bits per heavy atom. The number of thiophene rings is 1. The molecule has 0 spiro atoms. The Kier molecular flexibility index (Phi) is 12.4. The molecule has 1 unspecified atom stereocenters. The van der Waals surface area contributed by atoms with Gasteiger partial charge in [0.05, 0.1) is 11.5 Å². The van der Waals surface area contributed by atoms with Gasteiger partial charge in [0.15, 0.2) is 0 Å². The summed E-state index contributed by atoms with van der Waals surface area (Å²) in [6.07, 6.45) is 6.17. The maximum atomic E-state index is 12.1. The van der Waals surface area contributed by atoms with Gasteiger partial charge in [0.1, 0.15) is 24.2 Å². The second-order valence-corrected chi connectivity index (χ2v) is 10.4. The van der Waals surface area contributed by atoms with E-state index in [1.165, 1.54) is 18.3 Å². The van der Waals surface area contributed by atoms with Gasteiger partial charge in [-0.25, -0.2) is 5.48 Å². The topological polar surface area (TPSA) is 140 Å². The van der Waals surface area contributed by atoms with Crippen molar-refractivity contribution in [3.8, 4) is 5.75 Å². The first-order valence-electron chi connectivity index (χ1n) is 13.2. The van der Waals surface area contributed by atoms with E-state index < -0.39 is 11.9 Å².